The molecule has 1 rings (SSSR count). The molecule has 15 heavy (non-hydrogen) atoms. The van der Waals surface area contributed by atoms with Gasteiger partial charge in [-0.05, 0) is 20.0 Å². The Kier molecular flexibility index (Phi) is 4.71. The molecule has 0 bridgehead atoms. The molecule has 1 N–H and O–H groups in total. The molecule has 0 unspecified atom stereocenters. The van der Waals surface area contributed by atoms with E-state index in [1.165, 1.54) is 0 Å². The lowest BCUT2D eigenvalue weighted by molar-refractivity contribution is 0.00437. The molecule has 0 aliphatic heterocycles. The summed E-state index contributed by atoms with van der Waals surface area (Å²) in [6, 6.07) is 1.82. The van der Waals surface area contributed by atoms with Crippen LogP contribution in [0.2, 0.25) is 0 Å². The van der Waals surface area contributed by atoms with Crippen LogP contribution in [0.4, 0.5) is 8.78 Å². The lowest BCUT2D eigenvalue weighted by Gasteiger charge is -1.99. The van der Waals surface area contributed by atoms with Gasteiger partial charge in [-0.2, -0.15) is 0 Å². The maximum Gasteiger partial charge on any atom is 0.261 e. The molecule has 1 heterocycles. The van der Waals surface area contributed by atoms with Gasteiger partial charge in [0.1, 0.15) is 24.7 Å². The molecule has 0 amide bonds. The fourth-order valence-electron chi connectivity index (χ4n) is 1.27. The number of alkyl halides is 2. The largest absolute Gasteiger partial charge is 0.464 e. The van der Waals surface area contributed by atoms with Crippen molar-refractivity contribution in [3.63, 3.8) is 0 Å². The number of halogens is 2. The van der Waals surface area contributed by atoms with Crippen molar-refractivity contribution in [2.75, 3.05) is 13.7 Å². The molecule has 0 aliphatic carbocycles. The second-order valence-electron chi connectivity index (χ2n) is 3.23. The van der Waals surface area contributed by atoms with E-state index in [1.807, 2.05) is 20.0 Å². The molecule has 0 saturated heterocycles. The van der Waals surface area contributed by atoms with E-state index in [9.17, 15) is 8.78 Å². The third-order valence-electron chi connectivity index (χ3n) is 1.93. The van der Waals surface area contributed by atoms with E-state index >= 15 is 0 Å². The lowest BCUT2D eigenvalue weighted by atomic mass is 10.2. The average Bonchev–Trinajstić information content (AvgIpc) is 2.47. The summed E-state index contributed by atoms with van der Waals surface area (Å²) in [6.45, 7) is 2.07. The highest BCUT2D eigenvalue weighted by Gasteiger charge is 2.08. The molecule has 0 fully saturated rings. The highest BCUT2D eigenvalue weighted by Crippen LogP contribution is 2.15. The summed E-state index contributed by atoms with van der Waals surface area (Å²) in [5, 5.41) is 2.99. The quantitative estimate of drug-likeness (QED) is 0.795. The van der Waals surface area contributed by atoms with Crippen LogP contribution in [0.25, 0.3) is 0 Å². The molecule has 5 heteroatoms. The summed E-state index contributed by atoms with van der Waals surface area (Å²) in [6.07, 6.45) is -2.43. The smallest absolute Gasteiger partial charge is 0.261 e. The number of furan rings is 1. The first-order valence-corrected chi connectivity index (χ1v) is 4.72. The molecule has 0 atom stereocenters. The van der Waals surface area contributed by atoms with E-state index in [4.69, 9.17) is 9.15 Å². The Labute approximate surface area is 87.4 Å². The summed E-state index contributed by atoms with van der Waals surface area (Å²) in [5.41, 5.74) is 1.02. The fourth-order valence-corrected chi connectivity index (χ4v) is 1.27. The van der Waals surface area contributed by atoms with Crippen molar-refractivity contribution < 1.29 is 17.9 Å². The first kappa shape index (κ1) is 12.1. The summed E-state index contributed by atoms with van der Waals surface area (Å²) >= 11 is 0. The third-order valence-corrected chi connectivity index (χ3v) is 1.93. The van der Waals surface area contributed by atoms with E-state index in [1.54, 1.807) is 0 Å². The minimum absolute atomic E-state index is 0.0922. The molecular weight excluding hydrogens is 204 g/mol. The number of nitrogens with one attached hydrogen (secondary N) is 1. The average molecular weight is 219 g/mol. The third kappa shape index (κ3) is 3.97. The van der Waals surface area contributed by atoms with Gasteiger partial charge >= 0.3 is 0 Å². The molecule has 0 spiro atoms. The number of rotatable bonds is 6. The molecule has 1 aromatic rings. The van der Waals surface area contributed by atoms with Crippen LogP contribution in [0.3, 0.4) is 0 Å². The van der Waals surface area contributed by atoms with Crippen molar-refractivity contribution >= 4 is 0 Å². The summed E-state index contributed by atoms with van der Waals surface area (Å²) in [5.74, 6) is 1.37. The Morgan fingerprint density at radius 3 is 2.87 bits per heavy atom. The Morgan fingerprint density at radius 2 is 2.27 bits per heavy atom. The van der Waals surface area contributed by atoms with E-state index in [-0.39, 0.29) is 6.61 Å². The minimum atomic E-state index is -2.43. The van der Waals surface area contributed by atoms with E-state index < -0.39 is 13.0 Å². The van der Waals surface area contributed by atoms with Crippen molar-refractivity contribution in [2.45, 2.75) is 26.5 Å². The van der Waals surface area contributed by atoms with Crippen LogP contribution in [-0.4, -0.2) is 20.1 Å². The summed E-state index contributed by atoms with van der Waals surface area (Å²) < 4.78 is 33.7. The zero-order valence-electron chi connectivity index (χ0n) is 8.85. The normalized spacial score (nSPS) is 11.3. The highest BCUT2D eigenvalue weighted by atomic mass is 19.3. The number of hydrogen-bond acceptors (Lipinski definition) is 3. The van der Waals surface area contributed by atoms with Gasteiger partial charge in [-0.3, -0.25) is 0 Å². The van der Waals surface area contributed by atoms with Crippen molar-refractivity contribution in [1.29, 1.82) is 0 Å². The molecule has 0 aromatic carbocycles. The second-order valence-corrected chi connectivity index (χ2v) is 3.23. The Bertz CT molecular complexity index is 300. The highest BCUT2D eigenvalue weighted by molar-refractivity contribution is 5.20. The predicted molar refractivity (Wildman–Crippen MR) is 51.9 cm³/mol. The maximum absolute atomic E-state index is 11.8. The van der Waals surface area contributed by atoms with Gasteiger partial charge < -0.3 is 14.5 Å². The number of hydrogen-bond donors (Lipinski definition) is 1. The summed E-state index contributed by atoms with van der Waals surface area (Å²) in [7, 11) is 1.83. The topological polar surface area (TPSA) is 34.4 Å². The molecule has 0 saturated carbocycles. The van der Waals surface area contributed by atoms with Gasteiger partial charge in [0, 0.05) is 12.1 Å². The van der Waals surface area contributed by atoms with Crippen LogP contribution in [-0.2, 0) is 17.9 Å². The van der Waals surface area contributed by atoms with Gasteiger partial charge in [0.2, 0.25) is 0 Å². The number of aryl methyl sites for hydroxylation is 1. The van der Waals surface area contributed by atoms with Crippen molar-refractivity contribution in [2.24, 2.45) is 0 Å². The van der Waals surface area contributed by atoms with E-state index in [0.29, 0.717) is 12.3 Å². The van der Waals surface area contributed by atoms with E-state index in [0.717, 1.165) is 11.3 Å². The van der Waals surface area contributed by atoms with Crippen molar-refractivity contribution in [3.8, 4) is 0 Å². The van der Waals surface area contributed by atoms with Gasteiger partial charge in [-0.1, -0.05) is 0 Å². The Hall–Kier alpha value is -0.940. The second kappa shape index (κ2) is 5.82. The minimum Gasteiger partial charge on any atom is -0.464 e. The van der Waals surface area contributed by atoms with Crippen LogP contribution in [0.5, 0.6) is 0 Å². The molecular formula is C10H15F2NO2. The van der Waals surface area contributed by atoms with Gasteiger partial charge in [0.05, 0.1) is 0 Å². The predicted octanol–water partition coefficient (Wildman–Crippen LogP) is 2.09. The van der Waals surface area contributed by atoms with Gasteiger partial charge in [-0.15, -0.1) is 0 Å². The summed E-state index contributed by atoms with van der Waals surface area (Å²) in [4.78, 5) is 0. The Morgan fingerprint density at radius 1 is 1.53 bits per heavy atom. The molecule has 0 radical (unpaired) electrons. The number of ether oxygens (including phenoxy) is 1. The van der Waals surface area contributed by atoms with Crippen LogP contribution in [0, 0.1) is 6.92 Å². The molecule has 0 aliphatic rings. The zero-order chi connectivity index (χ0) is 11.3. The Balaban J connectivity index is 2.44. The van der Waals surface area contributed by atoms with Gasteiger partial charge in [0.15, 0.2) is 0 Å². The van der Waals surface area contributed by atoms with Crippen LogP contribution < -0.4 is 5.32 Å². The zero-order valence-corrected chi connectivity index (χ0v) is 8.85. The standard InChI is InChI=1S/C10H15F2NO2/c1-7-8(4-13-2)3-9(15-7)5-14-6-10(11)12/h3,10,13H,4-6H2,1-2H3. The van der Waals surface area contributed by atoms with E-state index in [2.05, 4.69) is 5.32 Å². The first-order chi connectivity index (χ1) is 7.13. The lowest BCUT2D eigenvalue weighted by Crippen LogP contribution is -2.05. The fraction of sp³-hybridized carbons (Fsp3) is 0.600. The molecule has 3 nitrogen and oxygen atoms in total. The first-order valence-electron chi connectivity index (χ1n) is 4.72. The van der Waals surface area contributed by atoms with Gasteiger partial charge in [0.25, 0.3) is 6.43 Å². The van der Waals surface area contributed by atoms with Gasteiger partial charge in [-0.25, -0.2) is 8.78 Å². The van der Waals surface area contributed by atoms with Crippen molar-refractivity contribution in [3.05, 3.63) is 23.2 Å². The van der Waals surface area contributed by atoms with Crippen LogP contribution in [0.15, 0.2) is 10.5 Å². The van der Waals surface area contributed by atoms with Crippen LogP contribution in [0.1, 0.15) is 17.1 Å². The van der Waals surface area contributed by atoms with Crippen molar-refractivity contribution in [1.82, 2.24) is 5.32 Å². The SMILES string of the molecule is CNCc1cc(COCC(F)F)oc1C. The monoisotopic (exact) mass is 219 g/mol. The molecule has 1 aromatic heterocycles. The molecule has 86 valence electrons. The van der Waals surface area contributed by atoms with Crippen LogP contribution >= 0.6 is 0 Å². The maximum atomic E-state index is 11.8.